The van der Waals surface area contributed by atoms with Crippen LogP contribution in [0.1, 0.15) is 63.2 Å². The fourth-order valence-electron chi connectivity index (χ4n) is 3.66. The van der Waals surface area contributed by atoms with Crippen molar-refractivity contribution >= 4 is 0 Å². The van der Waals surface area contributed by atoms with Gasteiger partial charge in [-0.3, -0.25) is 0 Å². The number of aromatic amines is 1. The number of tetrazole rings is 1. The van der Waals surface area contributed by atoms with Crippen LogP contribution in [0.3, 0.4) is 0 Å². The zero-order valence-electron chi connectivity index (χ0n) is 18.4. The Morgan fingerprint density at radius 1 is 0.968 bits per heavy atom. The van der Waals surface area contributed by atoms with Crippen molar-refractivity contribution in [1.82, 2.24) is 35.4 Å². The van der Waals surface area contributed by atoms with E-state index < -0.39 is 0 Å². The monoisotopic (exact) mass is 415 g/mol. The Morgan fingerprint density at radius 3 is 2.42 bits per heavy atom. The van der Waals surface area contributed by atoms with Gasteiger partial charge in [0.05, 0.1) is 6.54 Å². The van der Waals surface area contributed by atoms with Gasteiger partial charge in [0.15, 0.2) is 11.6 Å². The number of H-pyrrole nitrogens is 1. The summed E-state index contributed by atoms with van der Waals surface area (Å²) >= 11 is 0. The molecular formula is C24H29N7. The number of hydrogen-bond donors (Lipinski definition) is 1. The maximum absolute atomic E-state index is 4.81. The molecule has 1 N–H and O–H groups in total. The standard InChI is InChI=1S/C24H29N7/c1-4-5-6-11-22-25-23(17(2)3)28-31(22)16-18-12-14-19(15-13-18)20-9-7-8-10-21(20)24-26-29-30-27-24/h7-10,12-15,17H,4-6,11,16H2,1-3H3,(H,26,27,29,30). The summed E-state index contributed by atoms with van der Waals surface area (Å²) in [6.45, 7) is 7.25. The van der Waals surface area contributed by atoms with Crippen molar-refractivity contribution in [2.75, 3.05) is 0 Å². The van der Waals surface area contributed by atoms with Gasteiger partial charge in [-0.2, -0.15) is 5.10 Å². The van der Waals surface area contributed by atoms with Crippen LogP contribution in [0.25, 0.3) is 22.5 Å². The van der Waals surface area contributed by atoms with Crippen LogP contribution in [0.4, 0.5) is 0 Å². The molecule has 4 rings (SSSR count). The fourth-order valence-corrected chi connectivity index (χ4v) is 3.66. The Morgan fingerprint density at radius 2 is 1.74 bits per heavy atom. The van der Waals surface area contributed by atoms with Gasteiger partial charge >= 0.3 is 0 Å². The van der Waals surface area contributed by atoms with E-state index in [0.29, 0.717) is 11.7 Å². The van der Waals surface area contributed by atoms with Crippen LogP contribution in [0.5, 0.6) is 0 Å². The summed E-state index contributed by atoms with van der Waals surface area (Å²) in [7, 11) is 0. The molecule has 0 atom stereocenters. The van der Waals surface area contributed by atoms with E-state index in [1.54, 1.807) is 0 Å². The molecule has 0 aliphatic rings. The first-order valence-electron chi connectivity index (χ1n) is 11.0. The number of hydrogen-bond acceptors (Lipinski definition) is 5. The number of nitrogens with one attached hydrogen (secondary N) is 1. The van der Waals surface area contributed by atoms with E-state index in [1.165, 1.54) is 18.4 Å². The second-order valence-corrected chi connectivity index (χ2v) is 8.15. The van der Waals surface area contributed by atoms with Crippen molar-refractivity contribution < 1.29 is 0 Å². The van der Waals surface area contributed by atoms with Crippen LogP contribution in [-0.4, -0.2) is 35.4 Å². The highest BCUT2D eigenvalue weighted by Gasteiger charge is 2.14. The largest absolute Gasteiger partial charge is 0.245 e. The van der Waals surface area contributed by atoms with E-state index in [-0.39, 0.29) is 0 Å². The second kappa shape index (κ2) is 9.64. The minimum Gasteiger partial charge on any atom is -0.245 e. The van der Waals surface area contributed by atoms with E-state index >= 15 is 0 Å². The topological polar surface area (TPSA) is 85.2 Å². The third-order valence-corrected chi connectivity index (χ3v) is 5.41. The van der Waals surface area contributed by atoms with Gasteiger partial charge in [0.25, 0.3) is 0 Å². The van der Waals surface area contributed by atoms with E-state index in [0.717, 1.165) is 47.7 Å². The number of rotatable bonds is 9. The lowest BCUT2D eigenvalue weighted by Crippen LogP contribution is -2.07. The molecule has 0 radical (unpaired) electrons. The molecule has 2 aromatic heterocycles. The van der Waals surface area contributed by atoms with Crippen molar-refractivity contribution in [3.63, 3.8) is 0 Å². The molecule has 0 aliphatic carbocycles. The zero-order valence-corrected chi connectivity index (χ0v) is 18.4. The minimum atomic E-state index is 0.329. The van der Waals surface area contributed by atoms with Crippen LogP contribution < -0.4 is 0 Å². The molecule has 160 valence electrons. The summed E-state index contributed by atoms with van der Waals surface area (Å²) in [5, 5.41) is 19.1. The maximum atomic E-state index is 4.81. The third kappa shape index (κ3) is 4.87. The molecule has 0 spiro atoms. The highest BCUT2D eigenvalue weighted by Crippen LogP contribution is 2.29. The Balaban J connectivity index is 1.56. The van der Waals surface area contributed by atoms with Gasteiger partial charge in [-0.15, -0.1) is 5.10 Å². The average molecular weight is 416 g/mol. The van der Waals surface area contributed by atoms with Crippen molar-refractivity contribution in [2.24, 2.45) is 0 Å². The van der Waals surface area contributed by atoms with Gasteiger partial charge in [-0.25, -0.2) is 14.8 Å². The summed E-state index contributed by atoms with van der Waals surface area (Å²) in [5.74, 6) is 3.01. The van der Waals surface area contributed by atoms with Crippen LogP contribution in [-0.2, 0) is 13.0 Å². The third-order valence-electron chi connectivity index (χ3n) is 5.41. The van der Waals surface area contributed by atoms with E-state index in [1.807, 2.05) is 18.2 Å². The number of aryl methyl sites for hydroxylation is 1. The van der Waals surface area contributed by atoms with E-state index in [9.17, 15) is 0 Å². The van der Waals surface area contributed by atoms with Crippen molar-refractivity contribution in [3.8, 4) is 22.5 Å². The fraction of sp³-hybridized carbons (Fsp3) is 0.375. The second-order valence-electron chi connectivity index (χ2n) is 8.15. The van der Waals surface area contributed by atoms with Crippen LogP contribution in [0.2, 0.25) is 0 Å². The summed E-state index contributed by atoms with van der Waals surface area (Å²) in [5.41, 5.74) is 4.41. The molecule has 7 nitrogen and oxygen atoms in total. The summed E-state index contributed by atoms with van der Waals surface area (Å²) in [6.07, 6.45) is 4.56. The summed E-state index contributed by atoms with van der Waals surface area (Å²) < 4.78 is 2.08. The molecule has 7 heteroatoms. The molecule has 0 amide bonds. The van der Waals surface area contributed by atoms with Gasteiger partial charge in [-0.05, 0) is 33.5 Å². The van der Waals surface area contributed by atoms with Crippen molar-refractivity contribution in [3.05, 3.63) is 65.7 Å². The lowest BCUT2D eigenvalue weighted by Gasteiger charge is -2.09. The smallest absolute Gasteiger partial charge is 0.180 e. The zero-order chi connectivity index (χ0) is 21.6. The highest BCUT2D eigenvalue weighted by molar-refractivity contribution is 5.80. The molecule has 4 aromatic rings. The first-order valence-corrected chi connectivity index (χ1v) is 11.0. The van der Waals surface area contributed by atoms with E-state index in [4.69, 9.17) is 10.1 Å². The number of aromatic nitrogens is 7. The first-order chi connectivity index (χ1) is 15.2. The molecule has 0 saturated carbocycles. The van der Waals surface area contributed by atoms with Crippen molar-refractivity contribution in [2.45, 2.75) is 58.9 Å². The predicted octanol–water partition coefficient (Wildman–Crippen LogP) is 5.03. The molecule has 2 aromatic carbocycles. The first kappa shape index (κ1) is 20.9. The molecule has 31 heavy (non-hydrogen) atoms. The molecule has 0 bridgehead atoms. The van der Waals surface area contributed by atoms with Gasteiger partial charge < -0.3 is 0 Å². The van der Waals surface area contributed by atoms with Crippen molar-refractivity contribution in [1.29, 1.82) is 0 Å². The molecule has 0 saturated heterocycles. The lowest BCUT2D eigenvalue weighted by molar-refractivity contribution is 0.601. The molecule has 0 aliphatic heterocycles. The number of nitrogens with zero attached hydrogens (tertiary/aromatic N) is 6. The Hall–Kier alpha value is -3.35. The Bertz CT molecular complexity index is 1100. The number of benzene rings is 2. The van der Waals surface area contributed by atoms with Gasteiger partial charge in [0, 0.05) is 17.9 Å². The number of unbranched alkanes of at least 4 members (excludes halogenated alkanes) is 2. The Kier molecular flexibility index (Phi) is 6.50. The lowest BCUT2D eigenvalue weighted by atomic mass is 9.98. The summed E-state index contributed by atoms with van der Waals surface area (Å²) in [6, 6.07) is 16.8. The molecular weight excluding hydrogens is 386 g/mol. The molecule has 0 unspecified atom stereocenters. The average Bonchev–Trinajstić information content (AvgIpc) is 3.45. The SMILES string of the molecule is CCCCCc1nc(C(C)C)nn1Cc1ccc(-c2ccccc2-c2nnn[nH]2)cc1. The Labute approximate surface area is 182 Å². The normalized spacial score (nSPS) is 11.4. The van der Waals surface area contributed by atoms with E-state index in [2.05, 4.69) is 76.4 Å². The summed E-state index contributed by atoms with van der Waals surface area (Å²) in [4.78, 5) is 4.81. The van der Waals surface area contributed by atoms with Crippen LogP contribution >= 0.6 is 0 Å². The quantitative estimate of drug-likeness (QED) is 0.388. The van der Waals surface area contributed by atoms with Crippen LogP contribution in [0, 0.1) is 0 Å². The van der Waals surface area contributed by atoms with Crippen LogP contribution in [0.15, 0.2) is 48.5 Å². The molecule has 0 fully saturated rings. The molecule has 2 heterocycles. The maximum Gasteiger partial charge on any atom is 0.180 e. The minimum absolute atomic E-state index is 0.329. The van der Waals surface area contributed by atoms with Gasteiger partial charge in [0.2, 0.25) is 0 Å². The predicted molar refractivity (Wildman–Crippen MR) is 121 cm³/mol. The highest BCUT2D eigenvalue weighted by atomic mass is 15.5. The van der Waals surface area contributed by atoms with Gasteiger partial charge in [0.1, 0.15) is 5.82 Å². The van der Waals surface area contributed by atoms with Gasteiger partial charge in [-0.1, -0.05) is 82.1 Å².